The molecule has 116 valence electrons. The zero-order chi connectivity index (χ0) is 15.7. The summed E-state index contributed by atoms with van der Waals surface area (Å²) in [7, 11) is 0. The van der Waals surface area contributed by atoms with Gasteiger partial charge in [0.15, 0.2) is 5.78 Å². The third-order valence-corrected chi connectivity index (χ3v) is 5.04. The Morgan fingerprint density at radius 2 is 1.86 bits per heavy atom. The van der Waals surface area contributed by atoms with Crippen LogP contribution in [-0.4, -0.2) is 22.7 Å². The average Bonchev–Trinajstić information content (AvgIpc) is 2.70. The lowest BCUT2D eigenvalue weighted by Gasteiger charge is -2.34. The first-order valence-corrected chi connectivity index (χ1v) is 7.83. The van der Waals surface area contributed by atoms with Gasteiger partial charge >= 0.3 is 0 Å². The van der Waals surface area contributed by atoms with Gasteiger partial charge in [0.05, 0.1) is 11.3 Å². The lowest BCUT2D eigenvalue weighted by atomic mass is 9.78. The van der Waals surface area contributed by atoms with E-state index >= 15 is 0 Å². The number of carbonyl (C=O) groups excluding carboxylic acids is 2. The molecule has 2 rings (SSSR count). The van der Waals surface area contributed by atoms with E-state index in [1.54, 1.807) is 0 Å². The first kappa shape index (κ1) is 15.8. The maximum absolute atomic E-state index is 12.6. The highest BCUT2D eigenvalue weighted by Crippen LogP contribution is 2.30. The minimum Gasteiger partial charge on any atom is -0.355 e. The van der Waals surface area contributed by atoms with Crippen molar-refractivity contribution in [3.8, 4) is 0 Å². The number of ketones is 1. The zero-order valence-electron chi connectivity index (χ0n) is 13.7. The molecule has 1 saturated carbocycles. The fraction of sp³-hybridized carbons (Fsp3) is 0.647. The van der Waals surface area contributed by atoms with Crippen LogP contribution in [-0.2, 0) is 0 Å². The second-order valence-electron chi connectivity index (χ2n) is 6.53. The van der Waals surface area contributed by atoms with Gasteiger partial charge in [-0.2, -0.15) is 0 Å². The van der Waals surface area contributed by atoms with Crippen molar-refractivity contribution < 1.29 is 9.59 Å². The van der Waals surface area contributed by atoms with E-state index < -0.39 is 0 Å². The quantitative estimate of drug-likeness (QED) is 0.838. The van der Waals surface area contributed by atoms with Gasteiger partial charge in [-0.25, -0.2) is 0 Å². The van der Waals surface area contributed by atoms with Crippen LogP contribution in [0.4, 0.5) is 0 Å². The molecule has 0 saturated heterocycles. The molecule has 2 N–H and O–H groups in total. The van der Waals surface area contributed by atoms with E-state index in [1.165, 1.54) is 19.8 Å². The molecule has 0 spiro atoms. The minimum atomic E-state index is -0.0558. The fourth-order valence-corrected chi connectivity index (χ4v) is 3.47. The van der Waals surface area contributed by atoms with Crippen LogP contribution in [0.25, 0.3) is 0 Å². The van der Waals surface area contributed by atoms with Crippen molar-refractivity contribution in [3.05, 3.63) is 22.5 Å². The molecular formula is C17H26N2O2. The Kier molecular flexibility index (Phi) is 4.55. The molecule has 1 aromatic rings. The van der Waals surface area contributed by atoms with Crippen molar-refractivity contribution in [2.45, 2.75) is 59.9 Å². The highest BCUT2D eigenvalue weighted by Gasteiger charge is 2.29. The van der Waals surface area contributed by atoms with Crippen LogP contribution in [0, 0.1) is 25.7 Å². The molecule has 4 heteroatoms. The Balaban J connectivity index is 2.19. The number of aromatic nitrogens is 1. The molecule has 0 bridgehead atoms. The summed E-state index contributed by atoms with van der Waals surface area (Å²) in [5.74, 6) is 1.05. The Morgan fingerprint density at radius 1 is 1.19 bits per heavy atom. The van der Waals surface area contributed by atoms with Crippen LogP contribution in [0.1, 0.15) is 72.1 Å². The molecule has 1 heterocycles. The van der Waals surface area contributed by atoms with Gasteiger partial charge in [0.2, 0.25) is 0 Å². The molecule has 1 fully saturated rings. The maximum Gasteiger partial charge on any atom is 0.253 e. The van der Waals surface area contributed by atoms with Gasteiger partial charge in [-0.05, 0) is 37.7 Å². The fourth-order valence-electron chi connectivity index (χ4n) is 3.47. The smallest absolute Gasteiger partial charge is 0.253 e. The van der Waals surface area contributed by atoms with Gasteiger partial charge < -0.3 is 10.3 Å². The summed E-state index contributed by atoms with van der Waals surface area (Å²) in [6.45, 7) is 9.67. The molecule has 3 atom stereocenters. The lowest BCUT2D eigenvalue weighted by Crippen LogP contribution is -2.43. The van der Waals surface area contributed by atoms with Gasteiger partial charge in [0, 0.05) is 18.7 Å². The summed E-state index contributed by atoms with van der Waals surface area (Å²) in [5.41, 5.74) is 2.70. The van der Waals surface area contributed by atoms with Crippen LogP contribution < -0.4 is 5.32 Å². The maximum atomic E-state index is 12.6. The Labute approximate surface area is 126 Å². The summed E-state index contributed by atoms with van der Waals surface area (Å²) in [6.07, 6.45) is 3.45. The second-order valence-corrected chi connectivity index (χ2v) is 6.53. The van der Waals surface area contributed by atoms with Gasteiger partial charge in [0.1, 0.15) is 0 Å². The SMILES string of the molecule is CC(=O)c1[nH]c(C)c(C(=O)NC2CCCC(C)C2C)c1C. The van der Waals surface area contributed by atoms with Crippen LogP contribution in [0.15, 0.2) is 0 Å². The number of carbonyl (C=O) groups is 2. The van der Waals surface area contributed by atoms with Crippen LogP contribution in [0.5, 0.6) is 0 Å². The van der Waals surface area contributed by atoms with E-state index in [4.69, 9.17) is 0 Å². The van der Waals surface area contributed by atoms with Crippen molar-refractivity contribution in [1.29, 1.82) is 0 Å². The first-order valence-electron chi connectivity index (χ1n) is 7.83. The topological polar surface area (TPSA) is 62.0 Å². The number of rotatable bonds is 3. The number of H-pyrrole nitrogens is 1. The number of hydrogen-bond donors (Lipinski definition) is 2. The number of nitrogens with one attached hydrogen (secondary N) is 2. The average molecular weight is 290 g/mol. The van der Waals surface area contributed by atoms with Crippen LogP contribution in [0.2, 0.25) is 0 Å². The molecule has 0 radical (unpaired) electrons. The molecule has 4 nitrogen and oxygen atoms in total. The van der Waals surface area contributed by atoms with Crippen LogP contribution >= 0.6 is 0 Å². The highest BCUT2D eigenvalue weighted by molar-refractivity contribution is 6.02. The third kappa shape index (κ3) is 3.04. The second kappa shape index (κ2) is 6.04. The highest BCUT2D eigenvalue weighted by atomic mass is 16.2. The van der Waals surface area contributed by atoms with E-state index in [2.05, 4.69) is 24.1 Å². The Hall–Kier alpha value is -1.58. The Morgan fingerprint density at radius 3 is 2.43 bits per heavy atom. The number of amides is 1. The zero-order valence-corrected chi connectivity index (χ0v) is 13.7. The molecule has 1 aliphatic rings. The lowest BCUT2D eigenvalue weighted by molar-refractivity contribution is 0.0890. The van der Waals surface area contributed by atoms with Crippen molar-refractivity contribution in [1.82, 2.24) is 10.3 Å². The number of aromatic amines is 1. The largest absolute Gasteiger partial charge is 0.355 e. The van der Waals surface area contributed by atoms with Crippen molar-refractivity contribution in [3.63, 3.8) is 0 Å². The molecular weight excluding hydrogens is 264 g/mol. The summed E-state index contributed by atoms with van der Waals surface area (Å²) in [6, 6.07) is 0.232. The summed E-state index contributed by atoms with van der Waals surface area (Å²) >= 11 is 0. The summed E-state index contributed by atoms with van der Waals surface area (Å²) < 4.78 is 0. The van der Waals surface area contributed by atoms with Gasteiger partial charge in [-0.3, -0.25) is 9.59 Å². The third-order valence-electron chi connectivity index (χ3n) is 5.04. The monoisotopic (exact) mass is 290 g/mol. The summed E-state index contributed by atoms with van der Waals surface area (Å²) in [5, 5.41) is 3.18. The molecule has 3 unspecified atom stereocenters. The number of hydrogen-bond acceptors (Lipinski definition) is 2. The number of aryl methyl sites for hydroxylation is 1. The summed E-state index contributed by atoms with van der Waals surface area (Å²) in [4.78, 5) is 27.2. The first-order chi connectivity index (χ1) is 9.82. The van der Waals surface area contributed by atoms with E-state index in [0.29, 0.717) is 23.1 Å². The van der Waals surface area contributed by atoms with E-state index in [1.807, 2.05) is 13.8 Å². The van der Waals surface area contributed by atoms with E-state index in [9.17, 15) is 9.59 Å². The molecule has 0 aromatic carbocycles. The van der Waals surface area contributed by atoms with Crippen molar-refractivity contribution >= 4 is 11.7 Å². The molecule has 21 heavy (non-hydrogen) atoms. The van der Waals surface area contributed by atoms with Gasteiger partial charge in [-0.1, -0.05) is 26.7 Å². The molecule has 0 aliphatic heterocycles. The predicted molar refractivity (Wildman–Crippen MR) is 83.7 cm³/mol. The Bertz CT molecular complexity index is 559. The molecule has 1 amide bonds. The van der Waals surface area contributed by atoms with Crippen LogP contribution in [0.3, 0.4) is 0 Å². The van der Waals surface area contributed by atoms with Crippen molar-refractivity contribution in [2.24, 2.45) is 11.8 Å². The normalized spacial score (nSPS) is 25.7. The predicted octanol–water partition coefficient (Wildman–Crippen LogP) is 3.39. The standard InChI is InChI=1S/C17H26N2O2/c1-9-7-6-8-14(10(9)2)19-17(21)15-11(3)16(13(5)20)18-12(15)4/h9-10,14,18H,6-8H2,1-5H3,(H,19,21). The van der Waals surface area contributed by atoms with E-state index in [-0.39, 0.29) is 17.7 Å². The van der Waals surface area contributed by atoms with Crippen molar-refractivity contribution in [2.75, 3.05) is 0 Å². The van der Waals surface area contributed by atoms with E-state index in [0.717, 1.165) is 17.7 Å². The van der Waals surface area contributed by atoms with Gasteiger partial charge in [0.25, 0.3) is 5.91 Å². The molecule has 1 aliphatic carbocycles. The number of Topliss-reactive ketones (excluding diaryl/α,β-unsaturated/α-hetero) is 1. The minimum absolute atomic E-state index is 0.0330. The molecule has 1 aromatic heterocycles. The van der Waals surface area contributed by atoms with Gasteiger partial charge in [-0.15, -0.1) is 0 Å².